The van der Waals surface area contributed by atoms with Gasteiger partial charge >= 0.3 is 0 Å². The van der Waals surface area contributed by atoms with Gasteiger partial charge in [-0.2, -0.15) is 16.4 Å². The molecule has 1 N–H and O–H groups in total. The summed E-state index contributed by atoms with van der Waals surface area (Å²) < 4.78 is 1.96. The molecule has 2 heterocycles. The van der Waals surface area contributed by atoms with E-state index in [1.165, 1.54) is 0 Å². The van der Waals surface area contributed by atoms with Gasteiger partial charge < -0.3 is 5.32 Å². The van der Waals surface area contributed by atoms with Crippen LogP contribution in [0.25, 0.3) is 0 Å². The number of anilines is 1. The number of aromatic nitrogens is 3. The van der Waals surface area contributed by atoms with Gasteiger partial charge in [0.05, 0.1) is 6.54 Å². The van der Waals surface area contributed by atoms with Crippen LogP contribution in [0.15, 0.2) is 23.2 Å². The Balaban J connectivity index is 1.96. The summed E-state index contributed by atoms with van der Waals surface area (Å²) in [5.74, 6) is 1.57. The third kappa shape index (κ3) is 2.82. The maximum atomic E-state index is 4.26. The van der Waals surface area contributed by atoms with Gasteiger partial charge in [-0.3, -0.25) is 0 Å². The molecule has 2 rings (SSSR count). The molecule has 0 aliphatic heterocycles. The third-order valence-electron chi connectivity index (χ3n) is 2.21. The molecular formula is C11H16N4S. The molecule has 0 aliphatic carbocycles. The fourth-order valence-electron chi connectivity index (χ4n) is 1.47. The molecule has 5 heteroatoms. The normalized spacial score (nSPS) is 10.9. The van der Waals surface area contributed by atoms with Gasteiger partial charge in [0.1, 0.15) is 12.2 Å². The lowest BCUT2D eigenvalue weighted by molar-refractivity contribution is 0.468. The second-order valence-corrected chi connectivity index (χ2v) is 4.90. The van der Waals surface area contributed by atoms with E-state index < -0.39 is 0 Å². The molecule has 0 fully saturated rings. The van der Waals surface area contributed by atoms with Crippen LogP contribution in [0.1, 0.15) is 19.7 Å². The van der Waals surface area contributed by atoms with Crippen LogP contribution < -0.4 is 5.32 Å². The monoisotopic (exact) mass is 236 g/mol. The van der Waals surface area contributed by atoms with E-state index in [9.17, 15) is 0 Å². The second kappa shape index (κ2) is 5.12. The topological polar surface area (TPSA) is 42.7 Å². The smallest absolute Gasteiger partial charge is 0.146 e. The van der Waals surface area contributed by atoms with Crippen molar-refractivity contribution in [3.8, 4) is 0 Å². The molecule has 0 amide bonds. The van der Waals surface area contributed by atoms with Gasteiger partial charge in [-0.1, -0.05) is 13.8 Å². The Morgan fingerprint density at radius 1 is 1.50 bits per heavy atom. The Hall–Kier alpha value is -1.36. The van der Waals surface area contributed by atoms with Crippen LogP contribution >= 0.6 is 11.3 Å². The average molecular weight is 236 g/mol. The van der Waals surface area contributed by atoms with E-state index in [-0.39, 0.29) is 0 Å². The summed E-state index contributed by atoms with van der Waals surface area (Å²) in [7, 11) is 0. The van der Waals surface area contributed by atoms with Crippen molar-refractivity contribution in [3.05, 3.63) is 29.0 Å². The van der Waals surface area contributed by atoms with E-state index in [4.69, 9.17) is 0 Å². The zero-order valence-electron chi connectivity index (χ0n) is 9.55. The van der Waals surface area contributed by atoms with E-state index in [1.54, 1.807) is 17.7 Å². The molecule has 0 saturated carbocycles. The highest BCUT2D eigenvalue weighted by atomic mass is 32.1. The summed E-state index contributed by atoms with van der Waals surface area (Å²) in [4.78, 5) is 4.26. The molecule has 16 heavy (non-hydrogen) atoms. The summed E-state index contributed by atoms with van der Waals surface area (Å²) in [6.07, 6.45) is 1.62. The number of thiophene rings is 1. The first kappa shape index (κ1) is 11.1. The molecule has 2 aromatic rings. The highest BCUT2D eigenvalue weighted by molar-refractivity contribution is 7.08. The van der Waals surface area contributed by atoms with Crippen molar-refractivity contribution < 1.29 is 0 Å². The summed E-state index contributed by atoms with van der Waals surface area (Å²) in [6.45, 7) is 6.00. The molecule has 86 valence electrons. The molecule has 0 atom stereocenters. The first-order valence-corrected chi connectivity index (χ1v) is 6.32. The van der Waals surface area contributed by atoms with Gasteiger partial charge in [0.15, 0.2) is 0 Å². The van der Waals surface area contributed by atoms with Gasteiger partial charge in [-0.25, -0.2) is 9.67 Å². The first-order valence-electron chi connectivity index (χ1n) is 5.38. The standard InChI is InChI=1S/C11H16N4S/c1-9(2)6-15-11(13-8-14-15)5-12-10-3-4-16-7-10/h3-4,7-9,12H,5-6H2,1-2H3. The first-order chi connectivity index (χ1) is 7.75. The van der Waals surface area contributed by atoms with Gasteiger partial charge in [0.25, 0.3) is 0 Å². The molecule has 0 bridgehead atoms. The minimum absolute atomic E-state index is 0.585. The third-order valence-corrected chi connectivity index (χ3v) is 2.89. The van der Waals surface area contributed by atoms with E-state index >= 15 is 0 Å². The predicted octanol–water partition coefficient (Wildman–Crippen LogP) is 2.61. The summed E-state index contributed by atoms with van der Waals surface area (Å²) in [5.41, 5.74) is 1.14. The Bertz CT molecular complexity index is 419. The Morgan fingerprint density at radius 2 is 2.38 bits per heavy atom. The van der Waals surface area contributed by atoms with Crippen molar-refractivity contribution >= 4 is 17.0 Å². The fraction of sp³-hybridized carbons (Fsp3) is 0.455. The molecular weight excluding hydrogens is 220 g/mol. The minimum atomic E-state index is 0.585. The lowest BCUT2D eigenvalue weighted by atomic mass is 10.2. The Labute approximate surface area is 99.3 Å². The lowest BCUT2D eigenvalue weighted by Gasteiger charge is -2.09. The maximum Gasteiger partial charge on any atom is 0.146 e. The minimum Gasteiger partial charge on any atom is -0.377 e. The molecule has 2 aromatic heterocycles. The number of hydrogen-bond acceptors (Lipinski definition) is 4. The average Bonchev–Trinajstić information content (AvgIpc) is 2.84. The summed E-state index contributed by atoms with van der Waals surface area (Å²) in [6, 6.07) is 2.06. The van der Waals surface area contributed by atoms with Crippen molar-refractivity contribution in [2.45, 2.75) is 26.9 Å². The highest BCUT2D eigenvalue weighted by Gasteiger charge is 2.05. The van der Waals surface area contributed by atoms with Crippen LogP contribution in [0, 0.1) is 5.92 Å². The van der Waals surface area contributed by atoms with Crippen LogP contribution in [0.5, 0.6) is 0 Å². The van der Waals surface area contributed by atoms with E-state index in [1.807, 2.05) is 4.68 Å². The molecule has 0 aromatic carbocycles. The molecule has 4 nitrogen and oxygen atoms in total. The lowest BCUT2D eigenvalue weighted by Crippen LogP contribution is -2.13. The van der Waals surface area contributed by atoms with E-state index in [2.05, 4.69) is 46.1 Å². The van der Waals surface area contributed by atoms with Gasteiger partial charge in [-0.05, 0) is 17.4 Å². The van der Waals surface area contributed by atoms with Gasteiger partial charge in [-0.15, -0.1) is 0 Å². The predicted molar refractivity (Wildman–Crippen MR) is 66.5 cm³/mol. The largest absolute Gasteiger partial charge is 0.377 e. The van der Waals surface area contributed by atoms with Crippen LogP contribution in [0.4, 0.5) is 5.69 Å². The van der Waals surface area contributed by atoms with Crippen LogP contribution in [-0.4, -0.2) is 14.8 Å². The quantitative estimate of drug-likeness (QED) is 0.867. The SMILES string of the molecule is CC(C)Cn1ncnc1CNc1ccsc1. The van der Waals surface area contributed by atoms with Crippen molar-refractivity contribution in [3.63, 3.8) is 0 Å². The molecule has 0 spiro atoms. The van der Waals surface area contributed by atoms with Crippen molar-refractivity contribution in [1.82, 2.24) is 14.8 Å². The zero-order valence-corrected chi connectivity index (χ0v) is 10.4. The number of rotatable bonds is 5. The van der Waals surface area contributed by atoms with Crippen molar-refractivity contribution in [2.75, 3.05) is 5.32 Å². The van der Waals surface area contributed by atoms with Gasteiger partial charge in [0, 0.05) is 17.6 Å². The van der Waals surface area contributed by atoms with Crippen LogP contribution in [-0.2, 0) is 13.1 Å². The number of nitrogens with zero attached hydrogens (tertiary/aromatic N) is 3. The number of nitrogens with one attached hydrogen (secondary N) is 1. The van der Waals surface area contributed by atoms with Gasteiger partial charge in [0.2, 0.25) is 0 Å². The number of hydrogen-bond donors (Lipinski definition) is 1. The highest BCUT2D eigenvalue weighted by Crippen LogP contribution is 2.12. The Morgan fingerprint density at radius 3 is 3.06 bits per heavy atom. The summed E-state index contributed by atoms with van der Waals surface area (Å²) >= 11 is 1.69. The maximum absolute atomic E-state index is 4.26. The molecule has 0 aliphatic rings. The van der Waals surface area contributed by atoms with Crippen LogP contribution in [0.3, 0.4) is 0 Å². The summed E-state index contributed by atoms with van der Waals surface area (Å²) in [5, 5.41) is 11.7. The van der Waals surface area contributed by atoms with Crippen molar-refractivity contribution in [2.24, 2.45) is 5.92 Å². The fourth-order valence-corrected chi connectivity index (χ4v) is 2.08. The zero-order chi connectivity index (χ0) is 11.4. The van der Waals surface area contributed by atoms with E-state index in [0.717, 1.165) is 24.6 Å². The van der Waals surface area contributed by atoms with Crippen LogP contribution in [0.2, 0.25) is 0 Å². The molecule has 0 unspecified atom stereocenters. The molecule has 0 radical (unpaired) electrons. The molecule has 0 saturated heterocycles. The van der Waals surface area contributed by atoms with E-state index in [0.29, 0.717) is 5.92 Å². The van der Waals surface area contributed by atoms with Crippen molar-refractivity contribution in [1.29, 1.82) is 0 Å². The Kier molecular flexibility index (Phi) is 3.56. The second-order valence-electron chi connectivity index (χ2n) is 4.12.